The Morgan fingerprint density at radius 2 is 2.00 bits per heavy atom. The highest BCUT2D eigenvalue weighted by atomic mass is 32.2. The molecule has 1 fully saturated rings. The van der Waals surface area contributed by atoms with Crippen molar-refractivity contribution in [2.75, 3.05) is 18.6 Å². The Balaban J connectivity index is 2.06. The number of rotatable bonds is 6. The first-order chi connectivity index (χ1) is 7.20. The van der Waals surface area contributed by atoms with Crippen molar-refractivity contribution < 1.29 is 4.21 Å². The Morgan fingerprint density at radius 1 is 1.33 bits per heavy atom. The summed E-state index contributed by atoms with van der Waals surface area (Å²) < 4.78 is 10.9. The highest BCUT2D eigenvalue weighted by molar-refractivity contribution is 7.84. The molecule has 3 heteroatoms. The molecule has 15 heavy (non-hydrogen) atoms. The van der Waals surface area contributed by atoms with Crippen LogP contribution in [0.2, 0.25) is 0 Å². The van der Waals surface area contributed by atoms with Gasteiger partial charge in [0, 0.05) is 28.9 Å². The highest BCUT2D eigenvalue weighted by Gasteiger charge is 2.18. The van der Waals surface area contributed by atoms with Crippen molar-refractivity contribution in [3.63, 3.8) is 0 Å². The molecule has 0 amide bonds. The first-order valence-electron chi connectivity index (χ1n) is 6.23. The standard InChI is InChI=1S/C12H25NOS/c1-11(12-7-4-3-5-8-12)13-9-6-10-15(2)14/h11-13H,3-10H2,1-2H3. The molecule has 0 radical (unpaired) electrons. The van der Waals surface area contributed by atoms with Crippen LogP contribution in [-0.4, -0.2) is 28.8 Å². The zero-order valence-corrected chi connectivity index (χ0v) is 10.9. The van der Waals surface area contributed by atoms with E-state index in [2.05, 4.69) is 12.2 Å². The van der Waals surface area contributed by atoms with Crippen LogP contribution < -0.4 is 5.32 Å². The van der Waals surface area contributed by atoms with Crippen LogP contribution in [0.5, 0.6) is 0 Å². The molecule has 0 aromatic rings. The maximum atomic E-state index is 10.9. The Hall–Kier alpha value is 0.110. The summed E-state index contributed by atoms with van der Waals surface area (Å²) in [5.74, 6) is 1.72. The monoisotopic (exact) mass is 231 g/mol. The maximum absolute atomic E-state index is 10.9. The lowest BCUT2D eigenvalue weighted by molar-refractivity contribution is 0.282. The van der Waals surface area contributed by atoms with Gasteiger partial charge in [-0.2, -0.15) is 0 Å². The fourth-order valence-electron chi connectivity index (χ4n) is 2.41. The Labute approximate surface area is 96.7 Å². The summed E-state index contributed by atoms with van der Waals surface area (Å²) in [4.78, 5) is 0. The molecule has 2 unspecified atom stereocenters. The van der Waals surface area contributed by atoms with Crippen LogP contribution in [0.1, 0.15) is 45.4 Å². The van der Waals surface area contributed by atoms with Gasteiger partial charge in [0.15, 0.2) is 0 Å². The zero-order valence-electron chi connectivity index (χ0n) is 10.1. The van der Waals surface area contributed by atoms with E-state index >= 15 is 0 Å². The van der Waals surface area contributed by atoms with Gasteiger partial charge in [-0.3, -0.25) is 4.21 Å². The van der Waals surface area contributed by atoms with Gasteiger partial charge in [-0.1, -0.05) is 19.3 Å². The third kappa shape index (κ3) is 5.67. The van der Waals surface area contributed by atoms with Crippen LogP contribution in [0.4, 0.5) is 0 Å². The van der Waals surface area contributed by atoms with E-state index in [1.165, 1.54) is 32.1 Å². The van der Waals surface area contributed by atoms with Crippen molar-refractivity contribution >= 4 is 10.8 Å². The first-order valence-corrected chi connectivity index (χ1v) is 7.96. The minimum Gasteiger partial charge on any atom is -0.314 e. The second kappa shape index (κ2) is 7.39. The molecule has 1 rings (SSSR count). The van der Waals surface area contributed by atoms with E-state index in [9.17, 15) is 4.21 Å². The van der Waals surface area contributed by atoms with Gasteiger partial charge in [-0.15, -0.1) is 0 Å². The van der Waals surface area contributed by atoms with Crippen molar-refractivity contribution in [1.82, 2.24) is 5.32 Å². The molecule has 1 saturated carbocycles. The lowest BCUT2D eigenvalue weighted by Gasteiger charge is -2.28. The van der Waals surface area contributed by atoms with E-state index in [0.29, 0.717) is 6.04 Å². The maximum Gasteiger partial charge on any atom is 0.0244 e. The average molecular weight is 231 g/mol. The second-order valence-electron chi connectivity index (χ2n) is 4.77. The lowest BCUT2D eigenvalue weighted by atomic mass is 9.84. The van der Waals surface area contributed by atoms with Gasteiger partial charge in [0.05, 0.1) is 0 Å². The molecule has 90 valence electrons. The summed E-state index contributed by atoms with van der Waals surface area (Å²) in [6.07, 6.45) is 9.87. The SMILES string of the molecule is CC(NCCCS(C)=O)C1CCCCC1. The van der Waals surface area contributed by atoms with E-state index in [0.717, 1.165) is 24.6 Å². The van der Waals surface area contributed by atoms with Gasteiger partial charge in [-0.25, -0.2) is 0 Å². The average Bonchev–Trinajstić information content (AvgIpc) is 2.25. The quantitative estimate of drug-likeness (QED) is 0.711. The molecule has 0 aliphatic heterocycles. The summed E-state index contributed by atoms with van der Waals surface area (Å²) in [6, 6.07) is 0.649. The molecular weight excluding hydrogens is 206 g/mol. The zero-order chi connectivity index (χ0) is 11.1. The van der Waals surface area contributed by atoms with Crippen molar-refractivity contribution in [1.29, 1.82) is 0 Å². The Bertz CT molecular complexity index is 190. The molecular formula is C12H25NOS. The number of nitrogens with one attached hydrogen (secondary N) is 1. The molecule has 0 aromatic carbocycles. The molecule has 0 heterocycles. The van der Waals surface area contributed by atoms with Crippen LogP contribution in [-0.2, 0) is 10.8 Å². The predicted octanol–water partition coefficient (Wildman–Crippen LogP) is 2.31. The topological polar surface area (TPSA) is 29.1 Å². The summed E-state index contributed by atoms with van der Waals surface area (Å²) in [6.45, 7) is 3.33. The van der Waals surface area contributed by atoms with Crippen LogP contribution in [0.3, 0.4) is 0 Å². The first kappa shape index (κ1) is 13.2. The van der Waals surface area contributed by atoms with Crippen molar-refractivity contribution in [3.05, 3.63) is 0 Å². The van der Waals surface area contributed by atoms with Crippen LogP contribution in [0.15, 0.2) is 0 Å². The fourth-order valence-corrected chi connectivity index (χ4v) is 2.96. The molecule has 0 bridgehead atoms. The van der Waals surface area contributed by atoms with E-state index in [1.807, 2.05) is 0 Å². The van der Waals surface area contributed by atoms with E-state index in [-0.39, 0.29) is 0 Å². The molecule has 2 atom stereocenters. The van der Waals surface area contributed by atoms with Gasteiger partial charge in [0.2, 0.25) is 0 Å². The molecule has 2 nitrogen and oxygen atoms in total. The summed E-state index contributed by atoms with van der Waals surface area (Å²) in [5, 5.41) is 3.57. The van der Waals surface area contributed by atoms with Crippen molar-refractivity contribution in [3.8, 4) is 0 Å². The Kier molecular flexibility index (Phi) is 6.50. The molecule has 0 aromatic heterocycles. The third-order valence-electron chi connectivity index (χ3n) is 3.43. The van der Waals surface area contributed by atoms with Crippen molar-refractivity contribution in [2.24, 2.45) is 5.92 Å². The minimum atomic E-state index is -0.625. The molecule has 1 N–H and O–H groups in total. The van der Waals surface area contributed by atoms with E-state index in [1.54, 1.807) is 6.26 Å². The molecule has 1 aliphatic carbocycles. The predicted molar refractivity (Wildman–Crippen MR) is 67.6 cm³/mol. The normalized spacial score (nSPS) is 22.5. The summed E-state index contributed by atoms with van der Waals surface area (Å²) in [5.41, 5.74) is 0. The molecule has 0 spiro atoms. The highest BCUT2D eigenvalue weighted by Crippen LogP contribution is 2.26. The smallest absolute Gasteiger partial charge is 0.0244 e. The van der Waals surface area contributed by atoms with Gasteiger partial charge in [0.25, 0.3) is 0 Å². The van der Waals surface area contributed by atoms with E-state index in [4.69, 9.17) is 0 Å². The van der Waals surface area contributed by atoms with Gasteiger partial charge in [-0.05, 0) is 38.6 Å². The minimum absolute atomic E-state index is 0.625. The number of hydrogen-bond acceptors (Lipinski definition) is 2. The van der Waals surface area contributed by atoms with E-state index < -0.39 is 10.8 Å². The van der Waals surface area contributed by atoms with Crippen LogP contribution in [0.25, 0.3) is 0 Å². The lowest BCUT2D eigenvalue weighted by Crippen LogP contribution is -2.35. The van der Waals surface area contributed by atoms with Gasteiger partial charge in [0.1, 0.15) is 0 Å². The molecule has 1 aliphatic rings. The fraction of sp³-hybridized carbons (Fsp3) is 1.00. The largest absolute Gasteiger partial charge is 0.314 e. The van der Waals surface area contributed by atoms with Gasteiger partial charge >= 0.3 is 0 Å². The Morgan fingerprint density at radius 3 is 2.60 bits per heavy atom. The van der Waals surface area contributed by atoms with Crippen molar-refractivity contribution in [2.45, 2.75) is 51.5 Å². The summed E-state index contributed by atoms with van der Waals surface area (Å²) >= 11 is 0. The number of hydrogen-bond donors (Lipinski definition) is 1. The van der Waals surface area contributed by atoms with Crippen LogP contribution >= 0.6 is 0 Å². The molecule has 0 saturated heterocycles. The third-order valence-corrected chi connectivity index (χ3v) is 4.30. The van der Waals surface area contributed by atoms with Crippen LogP contribution in [0, 0.1) is 5.92 Å². The van der Waals surface area contributed by atoms with Gasteiger partial charge < -0.3 is 5.32 Å². The summed E-state index contributed by atoms with van der Waals surface area (Å²) in [7, 11) is -0.625. The second-order valence-corrected chi connectivity index (χ2v) is 6.33.